The van der Waals surface area contributed by atoms with Gasteiger partial charge in [-0.2, -0.15) is 0 Å². The standard InChI is InChI=1S/C24H29N3O2S/c1-4-21(28)9-10-22-15-17-11-14-27(24(29)23(17)30-22)19-7-5-18(6-8-19)26-13-12-20(16-26)25(2)3/h5-8,15,20-21,28H,4,11-14,16H2,1-3H3/t20-,21?/m1/s1. The number of amides is 1. The molecule has 5 nitrogen and oxygen atoms in total. The molecule has 1 aromatic carbocycles. The first-order valence-corrected chi connectivity index (χ1v) is 11.4. The van der Waals surface area contributed by atoms with E-state index in [4.69, 9.17) is 0 Å². The second-order valence-electron chi connectivity index (χ2n) is 8.23. The van der Waals surface area contributed by atoms with Crippen LogP contribution < -0.4 is 9.80 Å². The summed E-state index contributed by atoms with van der Waals surface area (Å²) in [4.78, 5) is 21.3. The normalized spacial score (nSPS) is 19.6. The first kappa shape index (κ1) is 20.9. The summed E-state index contributed by atoms with van der Waals surface area (Å²) in [6.45, 7) is 4.69. The van der Waals surface area contributed by atoms with E-state index >= 15 is 0 Å². The summed E-state index contributed by atoms with van der Waals surface area (Å²) >= 11 is 1.43. The molecule has 2 aliphatic rings. The van der Waals surface area contributed by atoms with Crippen molar-refractivity contribution >= 4 is 28.6 Å². The molecule has 4 rings (SSSR count). The van der Waals surface area contributed by atoms with E-state index in [1.54, 1.807) is 0 Å². The largest absolute Gasteiger partial charge is 0.380 e. The van der Waals surface area contributed by atoms with Crippen LogP contribution in [0.15, 0.2) is 30.3 Å². The smallest absolute Gasteiger partial charge is 0.268 e. The minimum atomic E-state index is -0.613. The Hall–Kier alpha value is -2.33. The summed E-state index contributed by atoms with van der Waals surface area (Å²) in [7, 11) is 4.28. The highest BCUT2D eigenvalue weighted by Gasteiger charge is 2.28. The number of rotatable bonds is 4. The minimum Gasteiger partial charge on any atom is -0.380 e. The predicted octanol–water partition coefficient (Wildman–Crippen LogP) is 3.21. The summed E-state index contributed by atoms with van der Waals surface area (Å²) in [6, 6.07) is 11.0. The molecule has 158 valence electrons. The van der Waals surface area contributed by atoms with Gasteiger partial charge in [0.2, 0.25) is 0 Å². The maximum absolute atomic E-state index is 13.1. The van der Waals surface area contributed by atoms with E-state index < -0.39 is 6.10 Å². The third-order valence-electron chi connectivity index (χ3n) is 6.02. The summed E-state index contributed by atoms with van der Waals surface area (Å²) in [6.07, 6.45) is 2.00. The molecule has 0 radical (unpaired) electrons. The van der Waals surface area contributed by atoms with Gasteiger partial charge in [-0.05, 0) is 69.3 Å². The molecule has 1 amide bonds. The van der Waals surface area contributed by atoms with E-state index in [2.05, 4.69) is 60.0 Å². The number of nitrogens with zero attached hydrogens (tertiary/aromatic N) is 3. The molecule has 1 N–H and O–H groups in total. The zero-order chi connectivity index (χ0) is 21.3. The zero-order valence-corrected chi connectivity index (χ0v) is 18.7. The van der Waals surface area contributed by atoms with E-state index in [0.29, 0.717) is 19.0 Å². The second-order valence-corrected chi connectivity index (χ2v) is 9.29. The molecule has 6 heteroatoms. The molecule has 30 heavy (non-hydrogen) atoms. The van der Waals surface area contributed by atoms with Crippen molar-refractivity contribution in [1.29, 1.82) is 0 Å². The van der Waals surface area contributed by atoms with Crippen LogP contribution in [0.25, 0.3) is 0 Å². The van der Waals surface area contributed by atoms with Crippen molar-refractivity contribution in [3.8, 4) is 11.8 Å². The highest BCUT2D eigenvalue weighted by atomic mass is 32.1. The maximum atomic E-state index is 13.1. The number of thiophene rings is 1. The van der Waals surface area contributed by atoms with Gasteiger partial charge in [0.25, 0.3) is 5.91 Å². The molecule has 1 aromatic heterocycles. The van der Waals surface area contributed by atoms with Crippen LogP contribution in [0.2, 0.25) is 0 Å². The average Bonchev–Trinajstić information content (AvgIpc) is 3.40. The Kier molecular flexibility index (Phi) is 6.14. The van der Waals surface area contributed by atoms with Crippen LogP contribution in [-0.2, 0) is 6.42 Å². The van der Waals surface area contributed by atoms with Gasteiger partial charge in [0.1, 0.15) is 6.10 Å². The quantitative estimate of drug-likeness (QED) is 0.767. The lowest BCUT2D eigenvalue weighted by atomic mass is 10.1. The number of fused-ring (bicyclic) bond motifs is 1. The fraction of sp³-hybridized carbons (Fsp3) is 0.458. The molecule has 3 heterocycles. The monoisotopic (exact) mass is 423 g/mol. The lowest BCUT2D eigenvalue weighted by Gasteiger charge is -2.27. The lowest BCUT2D eigenvalue weighted by molar-refractivity contribution is 0.0985. The van der Waals surface area contributed by atoms with E-state index in [-0.39, 0.29) is 5.91 Å². The van der Waals surface area contributed by atoms with Crippen molar-refractivity contribution in [3.63, 3.8) is 0 Å². The van der Waals surface area contributed by atoms with E-state index in [0.717, 1.165) is 40.5 Å². The van der Waals surface area contributed by atoms with Crippen LogP contribution >= 0.6 is 11.3 Å². The molecule has 2 aliphatic heterocycles. The molecule has 0 aliphatic carbocycles. The minimum absolute atomic E-state index is 0.0481. The van der Waals surface area contributed by atoms with E-state index in [9.17, 15) is 9.90 Å². The number of likely N-dealkylation sites (N-methyl/N-ethyl adjacent to an activating group) is 1. The highest BCUT2D eigenvalue weighted by molar-refractivity contribution is 7.14. The Labute approximate surface area is 182 Å². The molecule has 0 bridgehead atoms. The van der Waals surface area contributed by atoms with Gasteiger partial charge in [-0.1, -0.05) is 18.8 Å². The Bertz CT molecular complexity index is 971. The number of carbonyl (C=O) groups is 1. The van der Waals surface area contributed by atoms with Gasteiger partial charge >= 0.3 is 0 Å². The summed E-state index contributed by atoms with van der Waals surface area (Å²) in [5, 5.41) is 9.66. The number of aliphatic hydroxyl groups is 1. The molecular weight excluding hydrogens is 394 g/mol. The number of anilines is 2. The third kappa shape index (κ3) is 4.24. The van der Waals surface area contributed by atoms with E-state index in [1.165, 1.54) is 23.4 Å². The van der Waals surface area contributed by atoms with Crippen LogP contribution in [0.3, 0.4) is 0 Å². The van der Waals surface area contributed by atoms with E-state index in [1.807, 2.05) is 17.9 Å². The number of carbonyl (C=O) groups excluding carboxylic acids is 1. The van der Waals surface area contributed by atoms with Crippen LogP contribution in [0, 0.1) is 11.8 Å². The second kappa shape index (κ2) is 8.81. The average molecular weight is 424 g/mol. The molecule has 1 unspecified atom stereocenters. The molecule has 0 spiro atoms. The predicted molar refractivity (Wildman–Crippen MR) is 124 cm³/mol. The molecule has 2 aromatic rings. The van der Waals surface area contributed by atoms with Crippen molar-refractivity contribution in [2.45, 2.75) is 38.3 Å². The molecule has 1 fully saturated rings. The third-order valence-corrected chi connectivity index (χ3v) is 7.10. The van der Waals surface area contributed by atoms with Gasteiger partial charge < -0.3 is 19.8 Å². The van der Waals surface area contributed by atoms with Crippen molar-refractivity contribution in [2.75, 3.05) is 43.5 Å². The Morgan fingerprint density at radius 3 is 2.63 bits per heavy atom. The Morgan fingerprint density at radius 1 is 1.23 bits per heavy atom. The van der Waals surface area contributed by atoms with Gasteiger partial charge in [0.15, 0.2) is 0 Å². The van der Waals surface area contributed by atoms with Gasteiger partial charge in [-0.15, -0.1) is 11.3 Å². The molecule has 0 saturated carbocycles. The lowest BCUT2D eigenvalue weighted by Crippen LogP contribution is -2.36. The summed E-state index contributed by atoms with van der Waals surface area (Å²) < 4.78 is 0. The van der Waals surface area contributed by atoms with Crippen molar-refractivity contribution in [2.24, 2.45) is 0 Å². The van der Waals surface area contributed by atoms with Crippen LogP contribution in [-0.4, -0.2) is 61.8 Å². The Morgan fingerprint density at radius 2 is 1.97 bits per heavy atom. The number of hydrogen-bond donors (Lipinski definition) is 1. The van der Waals surface area contributed by atoms with Crippen molar-refractivity contribution in [1.82, 2.24) is 4.90 Å². The number of benzene rings is 1. The summed E-state index contributed by atoms with van der Waals surface area (Å²) in [5.74, 6) is 5.91. The highest BCUT2D eigenvalue weighted by Crippen LogP contribution is 2.32. The number of aliphatic hydroxyl groups excluding tert-OH is 1. The topological polar surface area (TPSA) is 47.0 Å². The van der Waals surface area contributed by atoms with Gasteiger partial charge in [-0.25, -0.2) is 0 Å². The summed E-state index contributed by atoms with van der Waals surface area (Å²) in [5.41, 5.74) is 3.23. The fourth-order valence-electron chi connectivity index (χ4n) is 4.06. The Balaban J connectivity index is 1.48. The maximum Gasteiger partial charge on any atom is 0.268 e. The van der Waals surface area contributed by atoms with Gasteiger partial charge in [-0.3, -0.25) is 4.79 Å². The van der Waals surface area contributed by atoms with Crippen LogP contribution in [0.5, 0.6) is 0 Å². The van der Waals surface area contributed by atoms with Gasteiger partial charge in [0, 0.05) is 37.1 Å². The van der Waals surface area contributed by atoms with Gasteiger partial charge in [0.05, 0.1) is 9.75 Å². The van der Waals surface area contributed by atoms with Crippen molar-refractivity contribution < 1.29 is 9.90 Å². The first-order valence-electron chi connectivity index (χ1n) is 10.6. The molecule has 2 atom stereocenters. The van der Waals surface area contributed by atoms with Crippen molar-refractivity contribution in [3.05, 3.63) is 45.6 Å². The fourth-order valence-corrected chi connectivity index (χ4v) is 5.08. The van der Waals surface area contributed by atoms with Crippen LogP contribution in [0.4, 0.5) is 11.4 Å². The zero-order valence-electron chi connectivity index (χ0n) is 17.9. The van der Waals surface area contributed by atoms with Crippen LogP contribution in [0.1, 0.15) is 39.9 Å². The molecule has 1 saturated heterocycles. The number of hydrogen-bond acceptors (Lipinski definition) is 5. The molecular formula is C24H29N3O2S. The first-order chi connectivity index (χ1) is 14.5. The SMILES string of the molecule is CCC(O)C#Cc1cc2c(s1)C(=O)N(c1ccc(N3CC[C@@H](N(C)C)C3)cc1)CC2.